The summed E-state index contributed by atoms with van der Waals surface area (Å²) in [6, 6.07) is 7.99. The molecule has 0 spiro atoms. The minimum absolute atomic E-state index is 0.341. The Balaban J connectivity index is 2.10. The Morgan fingerprint density at radius 1 is 1.17 bits per heavy atom. The summed E-state index contributed by atoms with van der Waals surface area (Å²) in [7, 11) is 0. The summed E-state index contributed by atoms with van der Waals surface area (Å²) < 4.78 is 0. The van der Waals surface area contributed by atoms with Crippen LogP contribution in [-0.4, -0.2) is 29.7 Å². The molecule has 0 heterocycles. The molecule has 0 aliphatic rings. The number of nitrogens with one attached hydrogen (secondary N) is 1. The molecule has 0 saturated heterocycles. The molecule has 0 amide bonds. The van der Waals surface area contributed by atoms with Gasteiger partial charge in [0.15, 0.2) is 0 Å². The van der Waals surface area contributed by atoms with Crippen molar-refractivity contribution < 1.29 is 5.11 Å². The fraction of sp³-hybridized carbons (Fsp3) is 0.600. The summed E-state index contributed by atoms with van der Waals surface area (Å²) in [4.78, 5) is 0. The molecule has 102 valence electrons. The fourth-order valence-corrected chi connectivity index (χ4v) is 2.45. The number of phenolic OH excluding ortho intramolecular Hbond substituents is 1. The van der Waals surface area contributed by atoms with Crippen molar-refractivity contribution >= 4 is 11.8 Å². The van der Waals surface area contributed by atoms with Crippen molar-refractivity contribution in [3.8, 4) is 5.75 Å². The molecule has 0 aromatic heterocycles. The van der Waals surface area contributed by atoms with E-state index in [0.717, 1.165) is 13.0 Å². The Morgan fingerprint density at radius 3 is 2.56 bits per heavy atom. The van der Waals surface area contributed by atoms with Gasteiger partial charge in [0, 0.05) is 6.04 Å². The molecule has 1 rings (SSSR count). The van der Waals surface area contributed by atoms with E-state index < -0.39 is 0 Å². The highest BCUT2D eigenvalue weighted by Gasteiger charge is 2.02. The normalized spacial score (nSPS) is 12.6. The summed E-state index contributed by atoms with van der Waals surface area (Å²) in [6.45, 7) is 3.32. The molecular weight excluding hydrogens is 242 g/mol. The highest BCUT2D eigenvalue weighted by molar-refractivity contribution is 7.98. The van der Waals surface area contributed by atoms with E-state index in [-0.39, 0.29) is 0 Å². The van der Waals surface area contributed by atoms with Gasteiger partial charge in [0.25, 0.3) is 0 Å². The summed E-state index contributed by atoms with van der Waals surface area (Å²) in [5.41, 5.74) is 1.27. The fourth-order valence-electron chi connectivity index (χ4n) is 1.95. The van der Waals surface area contributed by atoms with Crippen LogP contribution in [0, 0.1) is 0 Å². The number of rotatable bonds is 9. The van der Waals surface area contributed by atoms with Crippen molar-refractivity contribution in [3.05, 3.63) is 29.8 Å². The molecule has 3 heteroatoms. The van der Waals surface area contributed by atoms with E-state index in [4.69, 9.17) is 0 Å². The lowest BCUT2D eigenvalue weighted by molar-refractivity contribution is 0.474. The van der Waals surface area contributed by atoms with Crippen LogP contribution < -0.4 is 5.32 Å². The Labute approximate surface area is 115 Å². The first-order valence-electron chi connectivity index (χ1n) is 6.72. The van der Waals surface area contributed by atoms with Crippen molar-refractivity contribution in [1.29, 1.82) is 0 Å². The summed E-state index contributed by atoms with van der Waals surface area (Å²) in [5, 5.41) is 12.8. The van der Waals surface area contributed by atoms with Gasteiger partial charge in [0.1, 0.15) is 5.75 Å². The second-order valence-corrected chi connectivity index (χ2v) is 5.76. The number of benzene rings is 1. The van der Waals surface area contributed by atoms with Gasteiger partial charge < -0.3 is 10.4 Å². The van der Waals surface area contributed by atoms with Crippen molar-refractivity contribution in [2.45, 2.75) is 38.6 Å². The zero-order chi connectivity index (χ0) is 13.2. The van der Waals surface area contributed by atoms with Crippen LogP contribution in [0.3, 0.4) is 0 Å². The Hall–Kier alpha value is -0.670. The molecule has 0 aliphatic carbocycles. The van der Waals surface area contributed by atoms with Crippen molar-refractivity contribution in [2.75, 3.05) is 18.6 Å². The molecule has 0 bridgehead atoms. The number of hydrogen-bond donors (Lipinski definition) is 2. The second-order valence-electron chi connectivity index (χ2n) is 4.78. The summed E-state index contributed by atoms with van der Waals surface area (Å²) >= 11 is 1.93. The third-order valence-corrected chi connectivity index (χ3v) is 3.69. The van der Waals surface area contributed by atoms with Gasteiger partial charge >= 0.3 is 0 Å². The lowest BCUT2D eigenvalue weighted by atomic mass is 10.1. The molecule has 1 aromatic rings. The average molecular weight is 267 g/mol. The summed E-state index contributed by atoms with van der Waals surface area (Å²) in [6.07, 6.45) is 7.10. The molecule has 1 atom stereocenters. The van der Waals surface area contributed by atoms with Crippen LogP contribution in [0.4, 0.5) is 0 Å². The van der Waals surface area contributed by atoms with Crippen molar-refractivity contribution in [2.24, 2.45) is 0 Å². The number of hydrogen-bond acceptors (Lipinski definition) is 3. The van der Waals surface area contributed by atoms with E-state index in [9.17, 15) is 5.11 Å². The molecular formula is C15H25NOS. The first kappa shape index (κ1) is 15.4. The molecule has 0 aliphatic heterocycles. The van der Waals surface area contributed by atoms with Gasteiger partial charge in [-0.15, -0.1) is 0 Å². The van der Waals surface area contributed by atoms with Crippen LogP contribution in [0.5, 0.6) is 5.75 Å². The lowest BCUT2D eigenvalue weighted by Crippen LogP contribution is -2.28. The van der Waals surface area contributed by atoms with Crippen LogP contribution >= 0.6 is 11.8 Å². The molecule has 18 heavy (non-hydrogen) atoms. The van der Waals surface area contributed by atoms with E-state index in [1.165, 1.54) is 30.6 Å². The molecule has 2 N–H and O–H groups in total. The third kappa shape index (κ3) is 6.92. The minimum atomic E-state index is 0.341. The molecule has 1 unspecified atom stereocenters. The zero-order valence-corrected chi connectivity index (χ0v) is 12.3. The maximum atomic E-state index is 9.22. The molecule has 0 fully saturated rings. The maximum absolute atomic E-state index is 9.22. The van der Waals surface area contributed by atoms with E-state index in [0.29, 0.717) is 11.8 Å². The molecule has 0 radical (unpaired) electrons. The predicted octanol–water partition coefficient (Wildman–Crippen LogP) is 3.45. The lowest BCUT2D eigenvalue weighted by Gasteiger charge is -2.13. The number of phenols is 1. The highest BCUT2D eigenvalue weighted by atomic mass is 32.2. The molecule has 0 saturated carbocycles. The van der Waals surface area contributed by atoms with E-state index >= 15 is 0 Å². The van der Waals surface area contributed by atoms with E-state index in [2.05, 4.69) is 18.5 Å². The minimum Gasteiger partial charge on any atom is -0.508 e. The molecule has 2 nitrogen and oxygen atoms in total. The number of unbranched alkanes of at least 4 members (excludes halogenated alkanes) is 2. The Kier molecular flexibility index (Phi) is 7.94. The Bertz CT molecular complexity index is 313. The third-order valence-electron chi connectivity index (χ3n) is 3.00. The smallest absolute Gasteiger partial charge is 0.115 e. The van der Waals surface area contributed by atoms with Gasteiger partial charge in [-0.3, -0.25) is 0 Å². The highest BCUT2D eigenvalue weighted by Crippen LogP contribution is 2.11. The Morgan fingerprint density at radius 2 is 1.89 bits per heavy atom. The van der Waals surface area contributed by atoms with Crippen LogP contribution in [0.15, 0.2) is 24.3 Å². The van der Waals surface area contributed by atoms with Crippen LogP contribution in [0.2, 0.25) is 0 Å². The first-order valence-corrected chi connectivity index (χ1v) is 8.12. The van der Waals surface area contributed by atoms with Gasteiger partial charge in [-0.1, -0.05) is 18.6 Å². The van der Waals surface area contributed by atoms with Crippen molar-refractivity contribution in [1.82, 2.24) is 5.32 Å². The SMILES string of the molecule is CSCCCCCNC(C)Cc1ccc(O)cc1. The van der Waals surface area contributed by atoms with Gasteiger partial charge in [-0.25, -0.2) is 0 Å². The quantitative estimate of drug-likeness (QED) is 0.672. The second kappa shape index (κ2) is 9.29. The summed E-state index contributed by atoms with van der Waals surface area (Å²) in [5.74, 6) is 1.62. The van der Waals surface area contributed by atoms with Crippen LogP contribution in [0.1, 0.15) is 31.7 Å². The van der Waals surface area contributed by atoms with Gasteiger partial charge in [0.2, 0.25) is 0 Å². The van der Waals surface area contributed by atoms with Gasteiger partial charge in [-0.2, -0.15) is 11.8 Å². The van der Waals surface area contributed by atoms with Gasteiger partial charge in [-0.05, 0) is 62.4 Å². The standard InChI is InChI=1S/C15H25NOS/c1-13(16-10-4-3-5-11-18-2)12-14-6-8-15(17)9-7-14/h6-9,13,16-17H,3-5,10-12H2,1-2H3. The largest absolute Gasteiger partial charge is 0.508 e. The predicted molar refractivity (Wildman–Crippen MR) is 81.5 cm³/mol. The monoisotopic (exact) mass is 267 g/mol. The van der Waals surface area contributed by atoms with Crippen molar-refractivity contribution in [3.63, 3.8) is 0 Å². The van der Waals surface area contributed by atoms with E-state index in [1.54, 1.807) is 12.1 Å². The number of thioether (sulfide) groups is 1. The van der Waals surface area contributed by atoms with Gasteiger partial charge in [0.05, 0.1) is 0 Å². The topological polar surface area (TPSA) is 32.3 Å². The number of aromatic hydroxyl groups is 1. The molecule has 1 aromatic carbocycles. The van der Waals surface area contributed by atoms with E-state index in [1.807, 2.05) is 23.9 Å². The average Bonchev–Trinajstić information content (AvgIpc) is 2.36. The van der Waals surface area contributed by atoms with Crippen LogP contribution in [0.25, 0.3) is 0 Å². The maximum Gasteiger partial charge on any atom is 0.115 e. The van der Waals surface area contributed by atoms with Crippen LogP contribution in [-0.2, 0) is 6.42 Å². The first-order chi connectivity index (χ1) is 8.72. The zero-order valence-electron chi connectivity index (χ0n) is 11.5.